The van der Waals surface area contributed by atoms with Gasteiger partial charge in [-0.2, -0.15) is 0 Å². The molecule has 6 heteroatoms. The fourth-order valence-corrected chi connectivity index (χ4v) is 3.30. The summed E-state index contributed by atoms with van der Waals surface area (Å²) in [6, 6.07) is 8.19. The van der Waals surface area contributed by atoms with Crippen LogP contribution in [-0.2, 0) is 11.2 Å². The quantitative estimate of drug-likeness (QED) is 0.918. The number of piperazine rings is 1. The van der Waals surface area contributed by atoms with E-state index >= 15 is 0 Å². The summed E-state index contributed by atoms with van der Waals surface area (Å²) in [4.78, 5) is 25.5. The van der Waals surface area contributed by atoms with Gasteiger partial charge in [-0.05, 0) is 50.6 Å². The van der Waals surface area contributed by atoms with E-state index in [1.165, 1.54) is 11.1 Å². The van der Waals surface area contributed by atoms with Crippen LogP contribution in [0.1, 0.15) is 22.6 Å². The average Bonchev–Trinajstić information content (AvgIpc) is 2.53. The van der Waals surface area contributed by atoms with Gasteiger partial charge in [-0.1, -0.05) is 6.07 Å². The van der Waals surface area contributed by atoms with Crippen molar-refractivity contribution < 1.29 is 4.79 Å². The molecule has 0 unspecified atom stereocenters. The summed E-state index contributed by atoms with van der Waals surface area (Å²) >= 11 is 0. The number of benzene rings is 1. The number of carbonyl (C=O) groups excluding carboxylic acids is 1. The van der Waals surface area contributed by atoms with E-state index in [4.69, 9.17) is 5.73 Å². The second-order valence-electron chi connectivity index (χ2n) is 6.62. The number of anilines is 2. The highest BCUT2D eigenvalue weighted by atomic mass is 16.2. The van der Waals surface area contributed by atoms with Crippen LogP contribution in [0, 0.1) is 20.8 Å². The van der Waals surface area contributed by atoms with Crippen molar-refractivity contribution in [1.82, 2.24) is 9.97 Å². The van der Waals surface area contributed by atoms with Crippen molar-refractivity contribution in [3.8, 4) is 0 Å². The molecule has 132 valence electrons. The molecule has 0 spiro atoms. The zero-order chi connectivity index (χ0) is 18.0. The highest BCUT2D eigenvalue weighted by Gasteiger charge is 2.26. The molecular weight excluding hydrogens is 314 g/mol. The molecule has 2 aromatic rings. The molecule has 3 rings (SSSR count). The van der Waals surface area contributed by atoms with Gasteiger partial charge in [0.2, 0.25) is 5.91 Å². The molecule has 2 N–H and O–H groups in total. The molecule has 25 heavy (non-hydrogen) atoms. The van der Waals surface area contributed by atoms with Gasteiger partial charge < -0.3 is 15.5 Å². The molecule has 6 nitrogen and oxygen atoms in total. The molecule has 1 aliphatic rings. The Labute approximate surface area is 148 Å². The molecule has 0 saturated carbocycles. The van der Waals surface area contributed by atoms with E-state index in [1.54, 1.807) is 0 Å². The van der Waals surface area contributed by atoms with Crippen LogP contribution in [0.3, 0.4) is 0 Å². The Balaban J connectivity index is 1.79. The first kappa shape index (κ1) is 17.4. The van der Waals surface area contributed by atoms with Gasteiger partial charge in [-0.15, -0.1) is 0 Å². The normalized spacial score (nSPS) is 15.0. The monoisotopic (exact) mass is 339 g/mol. The van der Waals surface area contributed by atoms with Gasteiger partial charge in [0.15, 0.2) is 0 Å². The smallest absolute Gasteiger partial charge is 0.246 e. The first-order valence-corrected chi connectivity index (χ1v) is 8.64. The van der Waals surface area contributed by atoms with Crippen molar-refractivity contribution >= 4 is 17.4 Å². The fourth-order valence-electron chi connectivity index (χ4n) is 3.30. The van der Waals surface area contributed by atoms with E-state index in [1.807, 2.05) is 22.8 Å². The Hall–Kier alpha value is -2.47. The van der Waals surface area contributed by atoms with Gasteiger partial charge in [0, 0.05) is 37.0 Å². The molecule has 2 heterocycles. The molecule has 0 bridgehead atoms. The molecule has 1 saturated heterocycles. The summed E-state index contributed by atoms with van der Waals surface area (Å²) in [5.74, 6) is 1.61. The summed E-state index contributed by atoms with van der Waals surface area (Å²) in [5.41, 5.74) is 9.87. The minimum Gasteiger partial charge on any atom is -0.345 e. The van der Waals surface area contributed by atoms with Crippen LogP contribution < -0.4 is 15.5 Å². The average molecular weight is 339 g/mol. The van der Waals surface area contributed by atoms with Crippen LogP contribution in [0.15, 0.2) is 24.3 Å². The molecule has 0 atom stereocenters. The summed E-state index contributed by atoms with van der Waals surface area (Å²) in [6.07, 6.45) is 0.715. The third kappa shape index (κ3) is 3.96. The SMILES string of the molecule is Cc1cc(C)cc(N2CCN(c3cc(CCN)nc(C)n3)CC2=O)c1. The van der Waals surface area contributed by atoms with E-state index in [2.05, 4.69) is 42.0 Å². The van der Waals surface area contributed by atoms with Crippen LogP contribution in [-0.4, -0.2) is 42.1 Å². The first-order chi connectivity index (χ1) is 12.0. The predicted molar refractivity (Wildman–Crippen MR) is 100 cm³/mol. The van der Waals surface area contributed by atoms with Crippen LogP contribution in [0.2, 0.25) is 0 Å². The van der Waals surface area contributed by atoms with Crippen molar-refractivity contribution in [3.05, 3.63) is 46.9 Å². The lowest BCUT2D eigenvalue weighted by Gasteiger charge is -2.35. The second-order valence-corrected chi connectivity index (χ2v) is 6.62. The molecule has 0 radical (unpaired) electrons. The van der Waals surface area contributed by atoms with E-state index < -0.39 is 0 Å². The number of aromatic nitrogens is 2. The van der Waals surface area contributed by atoms with E-state index in [-0.39, 0.29) is 5.91 Å². The van der Waals surface area contributed by atoms with Crippen molar-refractivity contribution in [3.63, 3.8) is 0 Å². The maximum Gasteiger partial charge on any atom is 0.246 e. The number of carbonyl (C=O) groups is 1. The van der Waals surface area contributed by atoms with Crippen LogP contribution in [0.4, 0.5) is 11.5 Å². The maximum absolute atomic E-state index is 12.7. The Bertz CT molecular complexity index is 769. The lowest BCUT2D eigenvalue weighted by molar-refractivity contribution is -0.117. The minimum atomic E-state index is 0.0906. The van der Waals surface area contributed by atoms with Gasteiger partial charge in [-0.25, -0.2) is 9.97 Å². The number of amides is 1. The fraction of sp³-hybridized carbons (Fsp3) is 0.421. The molecule has 1 aliphatic heterocycles. The number of hydrogen-bond acceptors (Lipinski definition) is 5. The topological polar surface area (TPSA) is 75.3 Å². The number of rotatable bonds is 4. The van der Waals surface area contributed by atoms with Gasteiger partial charge in [-0.3, -0.25) is 4.79 Å². The number of nitrogens with two attached hydrogens (primary N) is 1. The molecule has 1 amide bonds. The lowest BCUT2D eigenvalue weighted by atomic mass is 10.1. The molecule has 0 aliphatic carbocycles. The summed E-state index contributed by atoms with van der Waals surface area (Å²) in [6.45, 7) is 8.26. The van der Waals surface area contributed by atoms with Crippen molar-refractivity contribution in [2.24, 2.45) is 5.73 Å². The van der Waals surface area contributed by atoms with E-state index in [0.717, 1.165) is 23.7 Å². The first-order valence-electron chi connectivity index (χ1n) is 8.64. The van der Waals surface area contributed by atoms with Gasteiger partial charge >= 0.3 is 0 Å². The third-order valence-corrected chi connectivity index (χ3v) is 4.34. The predicted octanol–water partition coefficient (Wildman–Crippen LogP) is 1.76. The van der Waals surface area contributed by atoms with Crippen LogP contribution in [0.25, 0.3) is 0 Å². The molecular formula is C19H25N5O. The van der Waals surface area contributed by atoms with Gasteiger partial charge in [0.1, 0.15) is 11.6 Å². The van der Waals surface area contributed by atoms with Gasteiger partial charge in [0.05, 0.1) is 6.54 Å². The van der Waals surface area contributed by atoms with Crippen molar-refractivity contribution in [1.29, 1.82) is 0 Å². The summed E-state index contributed by atoms with van der Waals surface area (Å²) in [7, 11) is 0. The Morgan fingerprint density at radius 3 is 2.40 bits per heavy atom. The highest BCUT2D eigenvalue weighted by molar-refractivity contribution is 5.97. The lowest BCUT2D eigenvalue weighted by Crippen LogP contribution is -2.51. The Kier molecular flexibility index (Phi) is 4.99. The Morgan fingerprint density at radius 2 is 1.76 bits per heavy atom. The third-order valence-electron chi connectivity index (χ3n) is 4.34. The maximum atomic E-state index is 12.7. The standard InChI is InChI=1S/C19H25N5O/c1-13-8-14(2)10-17(9-13)24-7-6-23(12-19(24)25)18-11-16(4-5-20)21-15(3)22-18/h8-11H,4-7,12,20H2,1-3H3. The van der Waals surface area contributed by atoms with Crippen LogP contribution >= 0.6 is 0 Å². The second kappa shape index (κ2) is 7.19. The summed E-state index contributed by atoms with van der Waals surface area (Å²) < 4.78 is 0. The zero-order valence-corrected chi connectivity index (χ0v) is 15.1. The van der Waals surface area contributed by atoms with Gasteiger partial charge in [0.25, 0.3) is 0 Å². The minimum absolute atomic E-state index is 0.0906. The van der Waals surface area contributed by atoms with Crippen molar-refractivity contribution in [2.45, 2.75) is 27.2 Å². The van der Waals surface area contributed by atoms with Crippen molar-refractivity contribution in [2.75, 3.05) is 36.0 Å². The largest absolute Gasteiger partial charge is 0.345 e. The highest BCUT2D eigenvalue weighted by Crippen LogP contribution is 2.23. The molecule has 1 aromatic heterocycles. The number of aryl methyl sites for hydroxylation is 3. The Morgan fingerprint density at radius 1 is 1.04 bits per heavy atom. The molecule has 1 fully saturated rings. The number of hydrogen-bond donors (Lipinski definition) is 1. The zero-order valence-electron chi connectivity index (χ0n) is 15.1. The number of nitrogens with zero attached hydrogens (tertiary/aromatic N) is 4. The van der Waals surface area contributed by atoms with E-state index in [9.17, 15) is 4.79 Å². The van der Waals surface area contributed by atoms with Crippen LogP contribution in [0.5, 0.6) is 0 Å². The summed E-state index contributed by atoms with van der Waals surface area (Å²) in [5, 5.41) is 0. The molecule has 1 aromatic carbocycles. The van der Waals surface area contributed by atoms with E-state index in [0.29, 0.717) is 31.9 Å².